The van der Waals surface area contributed by atoms with Gasteiger partial charge < -0.3 is 15.0 Å². The summed E-state index contributed by atoms with van der Waals surface area (Å²) in [4.78, 5) is 12.2. The number of thioether (sulfide) groups is 1. The number of aromatic nitrogens is 3. The average molecular weight is 453 g/mol. The highest BCUT2D eigenvalue weighted by molar-refractivity contribution is 7.98. The molecule has 0 spiro atoms. The van der Waals surface area contributed by atoms with E-state index in [1.165, 1.54) is 5.56 Å². The molecule has 3 rings (SSSR count). The molecule has 0 aliphatic carbocycles. The molecule has 170 valence electrons. The van der Waals surface area contributed by atoms with E-state index in [1.807, 2.05) is 30.3 Å². The molecule has 1 amide bonds. The quantitative estimate of drug-likeness (QED) is 0.392. The number of amides is 1. The lowest BCUT2D eigenvalue weighted by atomic mass is 10.1. The molecule has 0 bridgehead atoms. The molecule has 0 fully saturated rings. The summed E-state index contributed by atoms with van der Waals surface area (Å²) in [7, 11) is 0. The molecule has 6 nitrogen and oxygen atoms in total. The van der Waals surface area contributed by atoms with Gasteiger partial charge in [-0.1, -0.05) is 74.1 Å². The number of carbonyl (C=O) groups is 1. The molecule has 2 aromatic carbocycles. The van der Waals surface area contributed by atoms with Gasteiger partial charge in [0.05, 0.1) is 0 Å². The van der Waals surface area contributed by atoms with Crippen LogP contribution in [0.5, 0.6) is 5.75 Å². The van der Waals surface area contributed by atoms with Crippen molar-refractivity contribution in [2.45, 2.75) is 57.0 Å². The van der Waals surface area contributed by atoms with Gasteiger partial charge >= 0.3 is 0 Å². The molecule has 2 N–H and O–H groups in total. The van der Waals surface area contributed by atoms with E-state index in [4.69, 9.17) is 0 Å². The van der Waals surface area contributed by atoms with Crippen molar-refractivity contribution < 1.29 is 9.90 Å². The maximum atomic E-state index is 12.2. The lowest BCUT2D eigenvalue weighted by Gasteiger charge is -2.12. The minimum Gasteiger partial charge on any atom is -0.508 e. The second-order valence-corrected chi connectivity index (χ2v) is 9.20. The molecular weight excluding hydrogens is 420 g/mol. The monoisotopic (exact) mass is 452 g/mol. The van der Waals surface area contributed by atoms with Gasteiger partial charge in [0.25, 0.3) is 0 Å². The lowest BCUT2D eigenvalue weighted by Crippen LogP contribution is -2.25. The van der Waals surface area contributed by atoms with Crippen LogP contribution in [0.15, 0.2) is 59.8 Å². The van der Waals surface area contributed by atoms with Gasteiger partial charge in [-0.3, -0.25) is 4.79 Å². The summed E-state index contributed by atoms with van der Waals surface area (Å²) in [5, 5.41) is 22.5. The van der Waals surface area contributed by atoms with Gasteiger partial charge in [0, 0.05) is 31.7 Å². The smallest absolute Gasteiger partial charge is 0.220 e. The molecule has 1 heterocycles. The Bertz CT molecular complexity index is 989. The van der Waals surface area contributed by atoms with Crippen molar-refractivity contribution in [3.63, 3.8) is 0 Å². The van der Waals surface area contributed by atoms with Crippen molar-refractivity contribution in [3.8, 4) is 5.75 Å². The Hall–Kier alpha value is -2.80. The van der Waals surface area contributed by atoms with Crippen molar-refractivity contribution in [3.05, 3.63) is 71.5 Å². The fraction of sp³-hybridized carbons (Fsp3) is 0.400. The zero-order valence-electron chi connectivity index (χ0n) is 18.8. The maximum absolute atomic E-state index is 12.2. The number of phenols is 1. The molecule has 1 aromatic heterocycles. The Labute approximate surface area is 194 Å². The Morgan fingerprint density at radius 3 is 2.56 bits per heavy atom. The van der Waals surface area contributed by atoms with E-state index in [0.717, 1.165) is 41.7 Å². The van der Waals surface area contributed by atoms with Gasteiger partial charge in [-0.05, 0) is 36.0 Å². The normalized spacial score (nSPS) is 11.1. The summed E-state index contributed by atoms with van der Waals surface area (Å²) in [6, 6.07) is 17.6. The van der Waals surface area contributed by atoms with E-state index in [9.17, 15) is 9.90 Å². The lowest BCUT2D eigenvalue weighted by molar-refractivity contribution is -0.121. The molecule has 0 saturated heterocycles. The van der Waals surface area contributed by atoms with Crippen molar-refractivity contribution in [2.75, 3.05) is 6.54 Å². The highest BCUT2D eigenvalue weighted by Crippen LogP contribution is 2.23. The van der Waals surface area contributed by atoms with Crippen molar-refractivity contribution >= 4 is 17.7 Å². The summed E-state index contributed by atoms with van der Waals surface area (Å²) in [5.41, 5.74) is 2.11. The number of nitrogens with one attached hydrogen (secondary N) is 1. The third kappa shape index (κ3) is 7.41. The van der Waals surface area contributed by atoms with E-state index < -0.39 is 0 Å². The summed E-state index contributed by atoms with van der Waals surface area (Å²) in [6.07, 6.45) is 2.51. The Kier molecular flexibility index (Phi) is 9.16. The van der Waals surface area contributed by atoms with E-state index >= 15 is 0 Å². The molecule has 0 unspecified atom stereocenters. The van der Waals surface area contributed by atoms with Gasteiger partial charge in [-0.15, -0.1) is 10.2 Å². The first-order valence-electron chi connectivity index (χ1n) is 11.1. The summed E-state index contributed by atoms with van der Waals surface area (Å²) >= 11 is 1.70. The second-order valence-electron chi connectivity index (χ2n) is 8.26. The van der Waals surface area contributed by atoms with E-state index in [0.29, 0.717) is 25.3 Å². The highest BCUT2D eigenvalue weighted by atomic mass is 32.2. The molecule has 0 aliphatic rings. The number of carbonyl (C=O) groups excluding carboxylic acids is 1. The predicted molar refractivity (Wildman–Crippen MR) is 129 cm³/mol. The number of aryl methyl sites for hydroxylation is 1. The minimum absolute atomic E-state index is 0.0222. The first-order chi connectivity index (χ1) is 15.5. The van der Waals surface area contributed by atoms with Crippen LogP contribution >= 0.6 is 11.8 Å². The Balaban J connectivity index is 1.47. The first-order valence-corrected chi connectivity index (χ1v) is 12.1. The van der Waals surface area contributed by atoms with Gasteiger partial charge in [0.1, 0.15) is 11.6 Å². The van der Waals surface area contributed by atoms with Crippen LogP contribution in [0.1, 0.15) is 43.6 Å². The maximum Gasteiger partial charge on any atom is 0.220 e. The highest BCUT2D eigenvalue weighted by Gasteiger charge is 2.14. The molecule has 0 aliphatic heterocycles. The van der Waals surface area contributed by atoms with Crippen LogP contribution in [0.2, 0.25) is 0 Å². The zero-order chi connectivity index (χ0) is 22.8. The number of benzene rings is 2. The molecule has 3 aromatic rings. The number of aromatic hydroxyl groups is 1. The van der Waals surface area contributed by atoms with Crippen molar-refractivity contribution in [1.29, 1.82) is 0 Å². The fourth-order valence-corrected chi connectivity index (χ4v) is 4.36. The Morgan fingerprint density at radius 2 is 1.81 bits per heavy atom. The molecule has 0 atom stereocenters. The van der Waals surface area contributed by atoms with Crippen molar-refractivity contribution in [2.24, 2.45) is 5.92 Å². The van der Waals surface area contributed by atoms with Crippen LogP contribution < -0.4 is 5.32 Å². The molecule has 0 radical (unpaired) electrons. The fourth-order valence-electron chi connectivity index (χ4n) is 3.44. The standard InChI is InChI=1S/C25H32N4O2S/c1-19(2)17-29-23(27-28-25(29)32-18-20-9-4-3-5-10-20)13-8-14-24(31)26-16-15-21-11-6-7-12-22(21)30/h3-7,9-12,19,30H,8,13-18H2,1-2H3,(H,26,31). The minimum atomic E-state index is 0.0222. The van der Waals surface area contributed by atoms with Gasteiger partial charge in [0.2, 0.25) is 5.91 Å². The summed E-state index contributed by atoms with van der Waals surface area (Å²) < 4.78 is 2.20. The topological polar surface area (TPSA) is 80.0 Å². The Morgan fingerprint density at radius 1 is 1.06 bits per heavy atom. The van der Waals surface area contributed by atoms with Crippen LogP contribution in [0.25, 0.3) is 0 Å². The van der Waals surface area contributed by atoms with Crippen molar-refractivity contribution in [1.82, 2.24) is 20.1 Å². The predicted octanol–water partition coefficient (Wildman–Crippen LogP) is 4.61. The number of para-hydroxylation sites is 1. The van der Waals surface area contributed by atoms with Crippen LogP contribution in [0.3, 0.4) is 0 Å². The molecule has 0 saturated carbocycles. The van der Waals surface area contributed by atoms with Crippen LogP contribution in [-0.4, -0.2) is 32.3 Å². The third-order valence-electron chi connectivity index (χ3n) is 5.06. The molecule has 7 heteroatoms. The first kappa shape index (κ1) is 23.9. The zero-order valence-corrected chi connectivity index (χ0v) is 19.6. The molecular formula is C25H32N4O2S. The molecule has 32 heavy (non-hydrogen) atoms. The van der Waals surface area contributed by atoms with E-state index in [2.05, 4.69) is 46.1 Å². The number of hydrogen-bond acceptors (Lipinski definition) is 5. The summed E-state index contributed by atoms with van der Waals surface area (Å²) in [6.45, 7) is 5.76. The number of rotatable bonds is 12. The van der Waals surface area contributed by atoms with Gasteiger partial charge in [-0.2, -0.15) is 0 Å². The third-order valence-corrected chi connectivity index (χ3v) is 6.10. The summed E-state index contributed by atoms with van der Waals surface area (Å²) in [5.74, 6) is 2.58. The van der Waals surface area contributed by atoms with Crippen LogP contribution in [0.4, 0.5) is 0 Å². The second kappa shape index (κ2) is 12.3. The number of phenolic OH excluding ortho intramolecular Hbond substituents is 1. The largest absolute Gasteiger partial charge is 0.508 e. The average Bonchev–Trinajstić information content (AvgIpc) is 3.15. The van der Waals surface area contributed by atoms with E-state index in [-0.39, 0.29) is 11.7 Å². The van der Waals surface area contributed by atoms with Gasteiger partial charge in [0.15, 0.2) is 5.16 Å². The SMILES string of the molecule is CC(C)Cn1c(CCCC(=O)NCCc2ccccc2O)nnc1SCc1ccccc1. The van der Waals surface area contributed by atoms with E-state index in [1.54, 1.807) is 23.9 Å². The van der Waals surface area contributed by atoms with Gasteiger partial charge in [-0.25, -0.2) is 0 Å². The number of hydrogen-bond donors (Lipinski definition) is 2. The number of nitrogens with zero attached hydrogens (tertiary/aromatic N) is 3. The van der Waals surface area contributed by atoms with Crippen LogP contribution in [0, 0.1) is 5.92 Å². The van der Waals surface area contributed by atoms with Crippen LogP contribution in [-0.2, 0) is 29.9 Å².